The van der Waals surface area contributed by atoms with Crippen molar-refractivity contribution in [2.75, 3.05) is 52.4 Å². The molecule has 3 rings (SSSR count). The minimum Gasteiger partial charge on any atom is -0.497 e. The maximum absolute atomic E-state index is 13.0. The smallest absolute Gasteiger partial charge is 0.298 e. The summed E-state index contributed by atoms with van der Waals surface area (Å²) in [6, 6.07) is 5.72. The van der Waals surface area contributed by atoms with E-state index in [0.717, 1.165) is 28.9 Å². The lowest BCUT2D eigenvalue weighted by atomic mass is 10.3. The molecule has 0 fully saturated rings. The number of ether oxygens (including phenoxy) is 3. The van der Waals surface area contributed by atoms with E-state index in [9.17, 15) is 4.79 Å². The summed E-state index contributed by atoms with van der Waals surface area (Å²) in [5, 5.41) is 0.645. The Labute approximate surface area is 168 Å². The molecule has 0 aliphatic carbocycles. The first-order chi connectivity index (χ1) is 12.6. The predicted molar refractivity (Wildman–Crippen MR) is 109 cm³/mol. The van der Waals surface area contributed by atoms with Crippen LogP contribution in [0.1, 0.15) is 6.42 Å². The van der Waals surface area contributed by atoms with Gasteiger partial charge in [-0.05, 0) is 39.2 Å². The van der Waals surface area contributed by atoms with Gasteiger partial charge in [-0.1, -0.05) is 11.3 Å². The standard InChI is InChI=1S/C18H23N3O4S.ClH/c1-20(2)7-4-8-21(17(22)15-12-24-9-10-25-15)18-19-14-11-13(23-3)5-6-16(14)26-18;/h5-6,11-12H,4,7-10H2,1-3H3;1H. The molecule has 0 saturated heterocycles. The first-order valence-corrected chi connectivity index (χ1v) is 9.26. The van der Waals surface area contributed by atoms with Gasteiger partial charge in [0.1, 0.15) is 25.2 Å². The number of amides is 1. The van der Waals surface area contributed by atoms with Crippen LogP contribution in [-0.4, -0.2) is 63.3 Å². The molecule has 0 spiro atoms. The van der Waals surface area contributed by atoms with Crippen molar-refractivity contribution in [3.05, 3.63) is 30.2 Å². The van der Waals surface area contributed by atoms with Gasteiger partial charge in [0.05, 0.1) is 17.3 Å². The monoisotopic (exact) mass is 413 g/mol. The maximum Gasteiger partial charge on any atom is 0.298 e. The van der Waals surface area contributed by atoms with Crippen LogP contribution >= 0.6 is 23.7 Å². The number of carbonyl (C=O) groups excluding carboxylic acids is 1. The van der Waals surface area contributed by atoms with E-state index in [-0.39, 0.29) is 24.1 Å². The number of benzene rings is 1. The molecular weight excluding hydrogens is 390 g/mol. The molecule has 2 aromatic rings. The molecule has 1 amide bonds. The third-order valence-corrected chi connectivity index (χ3v) is 4.97. The number of fused-ring (bicyclic) bond motifs is 1. The predicted octanol–water partition coefficient (Wildman–Crippen LogP) is 2.90. The Morgan fingerprint density at radius 1 is 1.30 bits per heavy atom. The molecule has 2 heterocycles. The number of aromatic nitrogens is 1. The van der Waals surface area contributed by atoms with Crippen molar-refractivity contribution < 1.29 is 19.0 Å². The van der Waals surface area contributed by atoms with Crippen LogP contribution in [0.5, 0.6) is 5.75 Å². The van der Waals surface area contributed by atoms with E-state index >= 15 is 0 Å². The summed E-state index contributed by atoms with van der Waals surface area (Å²) in [6.45, 7) is 2.26. The Bertz CT molecular complexity index is 809. The third-order valence-electron chi connectivity index (χ3n) is 3.91. The molecule has 0 saturated carbocycles. The average molecular weight is 414 g/mol. The fourth-order valence-corrected chi connectivity index (χ4v) is 3.55. The lowest BCUT2D eigenvalue weighted by Crippen LogP contribution is -2.36. The van der Waals surface area contributed by atoms with Gasteiger partial charge < -0.3 is 19.1 Å². The quantitative estimate of drug-likeness (QED) is 0.695. The Hall–Kier alpha value is -2.03. The lowest BCUT2D eigenvalue weighted by Gasteiger charge is -2.23. The number of hydrogen-bond acceptors (Lipinski definition) is 7. The van der Waals surface area contributed by atoms with Gasteiger partial charge in [0.15, 0.2) is 5.13 Å². The zero-order valence-corrected chi connectivity index (χ0v) is 17.3. The van der Waals surface area contributed by atoms with Gasteiger partial charge in [0.2, 0.25) is 5.76 Å². The van der Waals surface area contributed by atoms with Gasteiger partial charge in [-0.3, -0.25) is 9.69 Å². The van der Waals surface area contributed by atoms with Crippen LogP contribution in [0.15, 0.2) is 30.2 Å². The summed E-state index contributed by atoms with van der Waals surface area (Å²) in [7, 11) is 5.64. The number of rotatable bonds is 7. The minimum atomic E-state index is -0.227. The summed E-state index contributed by atoms with van der Waals surface area (Å²) < 4.78 is 17.0. The molecule has 27 heavy (non-hydrogen) atoms. The van der Waals surface area contributed by atoms with Crippen molar-refractivity contribution in [1.29, 1.82) is 0 Å². The average Bonchev–Trinajstić information content (AvgIpc) is 3.07. The SMILES string of the molecule is COc1ccc2sc(N(CCCN(C)C)C(=O)C3=COCCO3)nc2c1.Cl. The second-order valence-electron chi connectivity index (χ2n) is 6.15. The number of hydrogen-bond donors (Lipinski definition) is 0. The third kappa shape index (κ3) is 5.24. The van der Waals surface area contributed by atoms with Crippen LogP contribution in [-0.2, 0) is 14.3 Å². The highest BCUT2D eigenvalue weighted by molar-refractivity contribution is 7.22. The van der Waals surface area contributed by atoms with E-state index < -0.39 is 0 Å². The van der Waals surface area contributed by atoms with Gasteiger partial charge in [-0.2, -0.15) is 0 Å². The first kappa shape index (κ1) is 21.3. The van der Waals surface area contributed by atoms with Crippen molar-refractivity contribution in [2.24, 2.45) is 0 Å². The van der Waals surface area contributed by atoms with E-state index in [0.29, 0.717) is 24.9 Å². The minimum absolute atomic E-state index is 0. The molecule has 1 aromatic heterocycles. The Morgan fingerprint density at radius 3 is 2.78 bits per heavy atom. The van der Waals surface area contributed by atoms with E-state index in [1.54, 1.807) is 12.0 Å². The molecule has 9 heteroatoms. The van der Waals surface area contributed by atoms with Crippen LogP contribution in [0.25, 0.3) is 10.2 Å². The van der Waals surface area contributed by atoms with E-state index in [1.165, 1.54) is 17.6 Å². The van der Waals surface area contributed by atoms with Crippen molar-refractivity contribution in [3.8, 4) is 5.75 Å². The fraction of sp³-hybridized carbons (Fsp3) is 0.444. The summed E-state index contributed by atoms with van der Waals surface area (Å²) in [4.78, 5) is 21.4. The molecule has 0 bridgehead atoms. The highest BCUT2D eigenvalue weighted by Gasteiger charge is 2.26. The van der Waals surface area contributed by atoms with Gasteiger partial charge >= 0.3 is 0 Å². The fourth-order valence-electron chi connectivity index (χ4n) is 2.58. The highest BCUT2D eigenvalue weighted by Crippen LogP contribution is 2.32. The molecule has 1 aliphatic heterocycles. The zero-order valence-electron chi connectivity index (χ0n) is 15.6. The highest BCUT2D eigenvalue weighted by atomic mass is 35.5. The molecule has 0 N–H and O–H groups in total. The normalized spacial score (nSPS) is 13.4. The largest absolute Gasteiger partial charge is 0.497 e. The van der Waals surface area contributed by atoms with Crippen LogP contribution in [0.4, 0.5) is 5.13 Å². The second-order valence-corrected chi connectivity index (χ2v) is 7.15. The van der Waals surface area contributed by atoms with E-state index in [1.807, 2.05) is 32.3 Å². The van der Waals surface area contributed by atoms with Gasteiger partial charge in [0.25, 0.3) is 5.91 Å². The molecule has 1 aliphatic rings. The topological polar surface area (TPSA) is 64.1 Å². The molecule has 1 aromatic carbocycles. The van der Waals surface area contributed by atoms with Gasteiger partial charge in [-0.15, -0.1) is 12.4 Å². The Balaban J connectivity index is 0.00000261. The summed E-state index contributed by atoms with van der Waals surface area (Å²) in [5.41, 5.74) is 0.810. The van der Waals surface area contributed by atoms with Crippen molar-refractivity contribution in [2.45, 2.75) is 6.42 Å². The number of nitrogens with zero attached hydrogens (tertiary/aromatic N) is 3. The summed E-state index contributed by atoms with van der Waals surface area (Å²) in [6.07, 6.45) is 2.22. The number of carbonyl (C=O) groups is 1. The number of methoxy groups -OCH3 is 1. The number of halogens is 1. The summed E-state index contributed by atoms with van der Waals surface area (Å²) in [5.74, 6) is 0.735. The van der Waals surface area contributed by atoms with Crippen molar-refractivity contribution in [3.63, 3.8) is 0 Å². The summed E-state index contributed by atoms with van der Waals surface area (Å²) >= 11 is 1.48. The van der Waals surface area contributed by atoms with Crippen molar-refractivity contribution in [1.82, 2.24) is 9.88 Å². The molecule has 148 valence electrons. The second kappa shape index (κ2) is 9.77. The van der Waals surface area contributed by atoms with Crippen molar-refractivity contribution >= 4 is 45.0 Å². The number of anilines is 1. The molecular formula is C18H24ClN3O4S. The molecule has 0 unspecified atom stereocenters. The maximum atomic E-state index is 13.0. The Kier molecular flexibility index (Phi) is 7.70. The molecule has 0 atom stereocenters. The van der Waals surface area contributed by atoms with Crippen LogP contribution in [0.3, 0.4) is 0 Å². The van der Waals surface area contributed by atoms with Gasteiger partial charge in [0, 0.05) is 12.6 Å². The molecule has 0 radical (unpaired) electrons. The van der Waals surface area contributed by atoms with Gasteiger partial charge in [-0.25, -0.2) is 4.98 Å². The van der Waals surface area contributed by atoms with E-state index in [4.69, 9.17) is 14.2 Å². The molecule has 7 nitrogen and oxygen atoms in total. The lowest BCUT2D eigenvalue weighted by molar-refractivity contribution is -0.119. The first-order valence-electron chi connectivity index (χ1n) is 8.44. The zero-order chi connectivity index (χ0) is 18.5. The van der Waals surface area contributed by atoms with E-state index in [2.05, 4.69) is 9.88 Å². The van der Waals surface area contributed by atoms with Crippen LogP contribution < -0.4 is 9.64 Å². The number of thiazole rings is 1. The van der Waals surface area contributed by atoms with Crippen LogP contribution in [0, 0.1) is 0 Å². The Morgan fingerprint density at radius 2 is 2.11 bits per heavy atom. The van der Waals surface area contributed by atoms with Crippen LogP contribution in [0.2, 0.25) is 0 Å².